The van der Waals surface area contributed by atoms with E-state index in [9.17, 15) is 0 Å². The third-order valence-corrected chi connectivity index (χ3v) is 13.4. The molecule has 1 aromatic heterocycles. The van der Waals surface area contributed by atoms with Crippen LogP contribution in [-0.2, 0) is 10.8 Å². The zero-order chi connectivity index (χ0) is 38.9. The van der Waals surface area contributed by atoms with Crippen LogP contribution in [0.1, 0.15) is 49.9 Å². The molecule has 0 bridgehead atoms. The Labute approximate surface area is 338 Å². The third kappa shape index (κ3) is 4.66. The lowest BCUT2D eigenvalue weighted by molar-refractivity contribution is 0.653. The van der Waals surface area contributed by atoms with E-state index in [2.05, 4.69) is 202 Å². The normalized spacial score (nSPS) is 14.5. The van der Waals surface area contributed by atoms with Gasteiger partial charge in [-0.2, -0.15) is 0 Å². The number of nitrogens with zero attached hydrogens (tertiary/aromatic N) is 1. The van der Waals surface area contributed by atoms with Crippen molar-refractivity contribution in [3.8, 4) is 33.4 Å². The molecule has 276 valence electrons. The zero-order valence-electron chi connectivity index (χ0n) is 33.1. The molecule has 0 saturated carbocycles. The maximum atomic E-state index is 6.66. The smallest absolute Gasteiger partial charge is 0.159 e. The summed E-state index contributed by atoms with van der Waals surface area (Å²) in [6, 6.07) is 64.9. The molecule has 58 heavy (non-hydrogen) atoms. The molecule has 0 N–H and O–H groups in total. The first-order chi connectivity index (χ1) is 28.2. The fourth-order valence-corrected chi connectivity index (χ4v) is 10.3. The average Bonchev–Trinajstić information content (AvgIpc) is 3.82. The second-order valence-electron chi connectivity index (χ2n) is 17.4. The molecule has 2 aliphatic carbocycles. The van der Waals surface area contributed by atoms with Crippen LogP contribution in [0.25, 0.3) is 76.9 Å². The highest BCUT2D eigenvalue weighted by Gasteiger charge is 2.42. The Balaban J connectivity index is 1.01. The van der Waals surface area contributed by atoms with Crippen molar-refractivity contribution in [2.75, 3.05) is 4.90 Å². The molecular weight excluding hydrogens is 703 g/mol. The molecule has 10 aromatic rings. The lowest BCUT2D eigenvalue weighted by Gasteiger charge is -2.26. The molecule has 1 heterocycles. The predicted octanol–water partition coefficient (Wildman–Crippen LogP) is 15.6. The van der Waals surface area contributed by atoms with Gasteiger partial charge in [0, 0.05) is 33.0 Å². The monoisotopic (exact) mass is 743 g/mol. The maximum Gasteiger partial charge on any atom is 0.159 e. The van der Waals surface area contributed by atoms with Crippen LogP contribution in [0, 0.1) is 0 Å². The Morgan fingerprint density at radius 1 is 0.379 bits per heavy atom. The molecule has 0 unspecified atom stereocenters. The zero-order valence-corrected chi connectivity index (χ0v) is 33.1. The molecule has 0 aliphatic heterocycles. The molecule has 0 atom stereocenters. The minimum absolute atomic E-state index is 0.0895. The van der Waals surface area contributed by atoms with E-state index in [0.717, 1.165) is 39.0 Å². The Morgan fingerprint density at radius 3 is 1.60 bits per heavy atom. The number of benzene rings is 9. The topological polar surface area (TPSA) is 16.4 Å². The lowest BCUT2D eigenvalue weighted by atomic mass is 9.79. The van der Waals surface area contributed by atoms with Gasteiger partial charge >= 0.3 is 0 Å². The van der Waals surface area contributed by atoms with Gasteiger partial charge in [-0.3, -0.25) is 0 Å². The summed E-state index contributed by atoms with van der Waals surface area (Å²) < 4.78 is 6.66. The second kappa shape index (κ2) is 11.8. The van der Waals surface area contributed by atoms with Crippen molar-refractivity contribution in [1.29, 1.82) is 0 Å². The van der Waals surface area contributed by atoms with Gasteiger partial charge in [-0.05, 0) is 150 Å². The van der Waals surface area contributed by atoms with Gasteiger partial charge in [0.2, 0.25) is 0 Å². The Bertz CT molecular complexity index is 3330. The first kappa shape index (κ1) is 33.3. The number of anilines is 3. The van der Waals surface area contributed by atoms with Crippen molar-refractivity contribution in [3.05, 3.63) is 198 Å². The van der Waals surface area contributed by atoms with Crippen LogP contribution < -0.4 is 4.90 Å². The summed E-state index contributed by atoms with van der Waals surface area (Å²) in [5.74, 6) is 0. The van der Waals surface area contributed by atoms with Gasteiger partial charge in [0.1, 0.15) is 5.58 Å². The first-order valence-electron chi connectivity index (χ1n) is 20.4. The van der Waals surface area contributed by atoms with Crippen LogP contribution in [0.5, 0.6) is 0 Å². The largest absolute Gasteiger partial charge is 0.454 e. The van der Waals surface area contributed by atoms with E-state index >= 15 is 0 Å². The molecule has 2 nitrogen and oxygen atoms in total. The standard InChI is InChI=1S/C56H41NO/c1-55(2)48-30-37-16-9-8-15-36(37)28-44(48)46-32-51-47(33-50(46)55)45-29-38-23-26-41(27-39(38)31-49(45)56(51,3)4)57(40-24-21-35(22-25-40)34-13-6-5-7-14-34)52-19-12-18-43-42-17-10-11-20-53(42)58-54(43)52/h5-33H,1-4H3. The Kier molecular flexibility index (Phi) is 6.78. The highest BCUT2D eigenvalue weighted by atomic mass is 16.3. The number of furan rings is 1. The molecule has 0 saturated heterocycles. The first-order valence-corrected chi connectivity index (χ1v) is 20.4. The number of hydrogen-bond acceptors (Lipinski definition) is 2. The number of fused-ring (bicyclic) bond motifs is 11. The fraction of sp³-hybridized carbons (Fsp3) is 0.107. The third-order valence-electron chi connectivity index (χ3n) is 13.4. The summed E-state index contributed by atoms with van der Waals surface area (Å²) in [6.45, 7) is 9.61. The highest BCUT2D eigenvalue weighted by molar-refractivity contribution is 6.10. The van der Waals surface area contributed by atoms with Gasteiger partial charge in [0.05, 0.1) is 5.69 Å². The maximum absolute atomic E-state index is 6.66. The molecule has 2 heteroatoms. The van der Waals surface area contributed by atoms with Crippen molar-refractivity contribution in [3.63, 3.8) is 0 Å². The molecule has 9 aromatic carbocycles. The average molecular weight is 744 g/mol. The number of para-hydroxylation sites is 2. The SMILES string of the molecule is CC1(C)c2cc3c(cc2-c2cc4ccccc4cc21)C(C)(C)c1cc2cc(N(c4ccc(-c5ccccc5)cc4)c4cccc5c4oc4ccccc45)ccc2cc1-3. The molecule has 2 aliphatic rings. The fourth-order valence-electron chi connectivity index (χ4n) is 10.3. The number of hydrogen-bond donors (Lipinski definition) is 0. The van der Waals surface area contributed by atoms with Crippen LogP contribution >= 0.6 is 0 Å². The van der Waals surface area contributed by atoms with Gasteiger partial charge in [-0.1, -0.05) is 131 Å². The van der Waals surface area contributed by atoms with Gasteiger partial charge in [0.25, 0.3) is 0 Å². The van der Waals surface area contributed by atoms with Crippen LogP contribution in [0.2, 0.25) is 0 Å². The Hall–Kier alpha value is -6.90. The van der Waals surface area contributed by atoms with Gasteiger partial charge in [0.15, 0.2) is 5.58 Å². The summed E-state index contributed by atoms with van der Waals surface area (Å²) in [6.07, 6.45) is 0. The van der Waals surface area contributed by atoms with E-state index in [0.29, 0.717) is 0 Å². The summed E-state index contributed by atoms with van der Waals surface area (Å²) in [5, 5.41) is 7.31. The molecule has 0 spiro atoms. The minimum Gasteiger partial charge on any atom is -0.454 e. The van der Waals surface area contributed by atoms with E-state index in [1.807, 2.05) is 6.07 Å². The van der Waals surface area contributed by atoms with E-state index in [-0.39, 0.29) is 10.8 Å². The van der Waals surface area contributed by atoms with Crippen molar-refractivity contribution in [2.24, 2.45) is 0 Å². The van der Waals surface area contributed by atoms with Crippen LogP contribution in [0.3, 0.4) is 0 Å². The van der Waals surface area contributed by atoms with Gasteiger partial charge < -0.3 is 9.32 Å². The molecular formula is C56H41NO. The van der Waals surface area contributed by atoms with E-state index in [1.54, 1.807) is 0 Å². The van der Waals surface area contributed by atoms with Crippen molar-refractivity contribution in [2.45, 2.75) is 38.5 Å². The summed E-state index contributed by atoms with van der Waals surface area (Å²) in [5.41, 5.74) is 18.2. The van der Waals surface area contributed by atoms with Crippen molar-refractivity contribution < 1.29 is 4.42 Å². The number of rotatable bonds is 4. The molecule has 12 rings (SSSR count). The van der Waals surface area contributed by atoms with Gasteiger partial charge in [-0.15, -0.1) is 0 Å². The van der Waals surface area contributed by atoms with Gasteiger partial charge in [-0.25, -0.2) is 0 Å². The van der Waals surface area contributed by atoms with Crippen molar-refractivity contribution in [1.82, 2.24) is 0 Å². The second-order valence-corrected chi connectivity index (χ2v) is 17.4. The molecule has 0 amide bonds. The van der Waals surface area contributed by atoms with Crippen LogP contribution in [0.15, 0.2) is 180 Å². The van der Waals surface area contributed by atoms with Crippen LogP contribution in [-0.4, -0.2) is 0 Å². The van der Waals surface area contributed by atoms with E-state index < -0.39 is 0 Å². The molecule has 0 radical (unpaired) electrons. The highest BCUT2D eigenvalue weighted by Crippen LogP contribution is 2.57. The van der Waals surface area contributed by atoms with Crippen molar-refractivity contribution >= 4 is 60.5 Å². The summed E-state index contributed by atoms with van der Waals surface area (Å²) in [7, 11) is 0. The Morgan fingerprint density at radius 2 is 0.897 bits per heavy atom. The predicted molar refractivity (Wildman–Crippen MR) is 244 cm³/mol. The van der Waals surface area contributed by atoms with Crippen LogP contribution in [0.4, 0.5) is 17.1 Å². The summed E-state index contributed by atoms with van der Waals surface area (Å²) in [4.78, 5) is 2.36. The van der Waals surface area contributed by atoms with E-state index in [4.69, 9.17) is 4.42 Å². The lowest BCUT2D eigenvalue weighted by Crippen LogP contribution is -2.17. The van der Waals surface area contributed by atoms with E-state index in [1.165, 1.54) is 77.2 Å². The minimum atomic E-state index is -0.166. The quantitative estimate of drug-likeness (QED) is 0.178. The summed E-state index contributed by atoms with van der Waals surface area (Å²) >= 11 is 0. The molecule has 0 fully saturated rings.